The predicted molar refractivity (Wildman–Crippen MR) is 71.7 cm³/mol. The van der Waals surface area contributed by atoms with Crippen molar-refractivity contribution in [2.45, 2.75) is 19.4 Å². The van der Waals surface area contributed by atoms with E-state index >= 15 is 0 Å². The largest absolute Gasteiger partial charge is 0.461 e. The summed E-state index contributed by atoms with van der Waals surface area (Å²) in [4.78, 5) is 23.6. The molecular weight excluding hydrogens is 260 g/mol. The average molecular weight is 274 g/mol. The van der Waals surface area contributed by atoms with E-state index in [9.17, 15) is 9.59 Å². The van der Waals surface area contributed by atoms with E-state index < -0.39 is 5.97 Å². The summed E-state index contributed by atoms with van der Waals surface area (Å²) in [6, 6.07) is 6.94. The lowest BCUT2D eigenvalue weighted by molar-refractivity contribution is -0.135. The van der Waals surface area contributed by atoms with Crippen molar-refractivity contribution in [2.75, 3.05) is 18.2 Å². The number of carbonyl (C=O) groups is 2. The van der Waals surface area contributed by atoms with E-state index in [1.165, 1.54) is 0 Å². The highest BCUT2D eigenvalue weighted by atomic mass is 16.5. The minimum atomic E-state index is -0.413. The molecular formula is C14H14N2O4. The van der Waals surface area contributed by atoms with Crippen LogP contribution in [-0.4, -0.2) is 36.9 Å². The van der Waals surface area contributed by atoms with Crippen LogP contribution in [0.2, 0.25) is 0 Å². The maximum absolute atomic E-state index is 11.9. The van der Waals surface area contributed by atoms with Crippen LogP contribution in [0.3, 0.4) is 0 Å². The molecule has 0 bridgehead atoms. The van der Waals surface area contributed by atoms with Gasteiger partial charge in [-0.2, -0.15) is 5.10 Å². The number of ether oxygens (including phenoxy) is 2. The predicted octanol–water partition coefficient (Wildman–Crippen LogP) is 1.35. The second-order valence-corrected chi connectivity index (χ2v) is 4.59. The summed E-state index contributed by atoms with van der Waals surface area (Å²) in [5, 5.41) is 5.99. The monoisotopic (exact) mass is 274 g/mol. The molecule has 6 heteroatoms. The third-order valence-electron chi connectivity index (χ3n) is 3.29. The Morgan fingerprint density at radius 1 is 1.50 bits per heavy atom. The van der Waals surface area contributed by atoms with E-state index in [-0.39, 0.29) is 18.6 Å². The molecule has 104 valence electrons. The van der Waals surface area contributed by atoms with E-state index in [4.69, 9.17) is 9.47 Å². The smallest absolute Gasteiger partial charge is 0.354 e. The summed E-state index contributed by atoms with van der Waals surface area (Å²) in [6.45, 7) is 2.27. The van der Waals surface area contributed by atoms with Crippen molar-refractivity contribution in [1.29, 1.82) is 0 Å². The highest BCUT2D eigenvalue weighted by Crippen LogP contribution is 2.31. The van der Waals surface area contributed by atoms with Crippen molar-refractivity contribution in [1.82, 2.24) is 0 Å². The van der Waals surface area contributed by atoms with Gasteiger partial charge in [-0.25, -0.2) is 9.59 Å². The molecule has 0 saturated carbocycles. The zero-order valence-electron chi connectivity index (χ0n) is 11.0. The van der Waals surface area contributed by atoms with Crippen molar-refractivity contribution in [2.24, 2.45) is 5.10 Å². The van der Waals surface area contributed by atoms with Gasteiger partial charge in [-0.05, 0) is 19.1 Å². The van der Waals surface area contributed by atoms with E-state index in [2.05, 4.69) is 5.10 Å². The van der Waals surface area contributed by atoms with Gasteiger partial charge in [0.1, 0.15) is 12.3 Å². The van der Waals surface area contributed by atoms with Crippen molar-refractivity contribution >= 4 is 23.3 Å². The lowest BCUT2D eigenvalue weighted by Crippen LogP contribution is -2.29. The number of carbonyl (C=O) groups excluding carboxylic acids is 2. The molecule has 2 aliphatic heterocycles. The molecule has 3 rings (SSSR count). The van der Waals surface area contributed by atoms with Gasteiger partial charge in [0, 0.05) is 6.42 Å². The Morgan fingerprint density at radius 2 is 2.30 bits per heavy atom. The van der Waals surface area contributed by atoms with Gasteiger partial charge in [0.25, 0.3) is 0 Å². The van der Waals surface area contributed by atoms with Gasteiger partial charge in [0.2, 0.25) is 0 Å². The summed E-state index contributed by atoms with van der Waals surface area (Å²) in [5.74, 6) is -0.771. The molecule has 0 aliphatic carbocycles. The highest BCUT2D eigenvalue weighted by molar-refractivity contribution is 6.37. The van der Waals surface area contributed by atoms with Gasteiger partial charge < -0.3 is 9.47 Å². The molecule has 0 spiro atoms. The summed E-state index contributed by atoms with van der Waals surface area (Å²) < 4.78 is 10.2. The first kappa shape index (κ1) is 12.7. The number of fused-ring (bicyclic) bond motifs is 3. The number of anilines is 1. The number of hydrazone groups is 1. The summed E-state index contributed by atoms with van der Waals surface area (Å²) >= 11 is 0. The van der Waals surface area contributed by atoms with Crippen LogP contribution < -0.4 is 5.01 Å². The van der Waals surface area contributed by atoms with Crippen LogP contribution >= 0.6 is 0 Å². The Bertz CT molecular complexity index is 597. The van der Waals surface area contributed by atoms with E-state index in [0.29, 0.717) is 30.0 Å². The number of para-hydroxylation sites is 1. The van der Waals surface area contributed by atoms with Crippen LogP contribution in [0.15, 0.2) is 29.4 Å². The van der Waals surface area contributed by atoms with Gasteiger partial charge in [0.15, 0.2) is 0 Å². The number of hydrogen-bond donors (Lipinski definition) is 0. The Hall–Kier alpha value is -2.37. The topological polar surface area (TPSA) is 68.2 Å². The number of cyclic esters (lactones) is 1. The lowest BCUT2D eigenvalue weighted by Gasteiger charge is -2.20. The quantitative estimate of drug-likeness (QED) is 0.762. The molecule has 1 aromatic carbocycles. The molecule has 1 aromatic rings. The fourth-order valence-electron chi connectivity index (χ4n) is 2.38. The van der Waals surface area contributed by atoms with E-state index in [1.807, 2.05) is 6.07 Å². The molecule has 2 aliphatic rings. The van der Waals surface area contributed by atoms with Crippen LogP contribution in [0.5, 0.6) is 0 Å². The van der Waals surface area contributed by atoms with Gasteiger partial charge in [0.05, 0.1) is 23.9 Å². The molecule has 0 radical (unpaired) electrons. The Morgan fingerprint density at radius 3 is 3.10 bits per heavy atom. The number of nitrogens with zero attached hydrogens (tertiary/aromatic N) is 2. The first-order chi connectivity index (χ1) is 9.70. The van der Waals surface area contributed by atoms with Gasteiger partial charge in [-0.3, -0.25) is 5.01 Å². The van der Waals surface area contributed by atoms with Crippen molar-refractivity contribution < 1.29 is 19.1 Å². The molecule has 1 atom stereocenters. The fourth-order valence-corrected chi connectivity index (χ4v) is 2.38. The maximum Gasteiger partial charge on any atom is 0.354 e. The molecule has 20 heavy (non-hydrogen) atoms. The summed E-state index contributed by atoms with van der Waals surface area (Å²) in [6.07, 6.45) is 0.417. The van der Waals surface area contributed by atoms with Gasteiger partial charge in [-0.15, -0.1) is 0 Å². The van der Waals surface area contributed by atoms with Crippen LogP contribution in [0.1, 0.15) is 23.7 Å². The second-order valence-electron chi connectivity index (χ2n) is 4.59. The Balaban J connectivity index is 1.97. The zero-order chi connectivity index (χ0) is 14.1. The Labute approximate surface area is 116 Å². The van der Waals surface area contributed by atoms with Crippen molar-refractivity contribution in [3.05, 3.63) is 29.8 Å². The third kappa shape index (κ3) is 2.03. The number of rotatable bonds is 2. The molecule has 0 aromatic heterocycles. The molecule has 0 fully saturated rings. The first-order valence-electron chi connectivity index (χ1n) is 6.50. The molecule has 1 unspecified atom stereocenters. The number of benzene rings is 1. The average Bonchev–Trinajstić information content (AvgIpc) is 2.84. The second kappa shape index (κ2) is 4.96. The SMILES string of the molecule is CCOC(=O)C1=NN2c3ccccc3C(=O)OCC2C1. The normalized spacial score (nSPS) is 20.4. The minimum Gasteiger partial charge on any atom is -0.461 e. The molecule has 0 N–H and O–H groups in total. The molecule has 0 amide bonds. The number of hydrogen-bond acceptors (Lipinski definition) is 6. The molecule has 0 saturated heterocycles. The maximum atomic E-state index is 11.9. The van der Waals surface area contributed by atoms with Crippen LogP contribution in [0.4, 0.5) is 5.69 Å². The lowest BCUT2D eigenvalue weighted by atomic mass is 10.1. The van der Waals surface area contributed by atoms with E-state index in [1.54, 1.807) is 30.1 Å². The first-order valence-corrected chi connectivity index (χ1v) is 6.50. The number of esters is 2. The fraction of sp³-hybridized carbons (Fsp3) is 0.357. The van der Waals surface area contributed by atoms with Crippen LogP contribution in [0.25, 0.3) is 0 Å². The van der Waals surface area contributed by atoms with Gasteiger partial charge in [-0.1, -0.05) is 12.1 Å². The highest BCUT2D eigenvalue weighted by Gasteiger charge is 2.36. The van der Waals surface area contributed by atoms with E-state index in [0.717, 1.165) is 0 Å². The Kier molecular flexibility index (Phi) is 3.14. The third-order valence-corrected chi connectivity index (χ3v) is 3.29. The van der Waals surface area contributed by atoms with Crippen molar-refractivity contribution in [3.63, 3.8) is 0 Å². The summed E-state index contributed by atoms with van der Waals surface area (Å²) in [7, 11) is 0. The zero-order valence-corrected chi connectivity index (χ0v) is 11.0. The van der Waals surface area contributed by atoms with Gasteiger partial charge >= 0.3 is 11.9 Å². The molecule has 2 heterocycles. The molecule has 6 nitrogen and oxygen atoms in total. The minimum absolute atomic E-state index is 0.151. The van der Waals surface area contributed by atoms with Crippen LogP contribution in [0, 0.1) is 0 Å². The summed E-state index contributed by atoms with van der Waals surface area (Å²) in [5.41, 5.74) is 1.49. The van der Waals surface area contributed by atoms with Crippen LogP contribution in [-0.2, 0) is 14.3 Å². The van der Waals surface area contributed by atoms with Crippen molar-refractivity contribution in [3.8, 4) is 0 Å². The standard InChI is InChI=1S/C14H14N2O4/c1-2-19-14(18)11-7-9-8-20-13(17)10-5-3-4-6-12(10)16(9)15-11/h3-6,9H,2,7-8H2,1H3.